The quantitative estimate of drug-likeness (QED) is 0.735. The van der Waals surface area contributed by atoms with E-state index in [0.717, 1.165) is 10.6 Å². The van der Waals surface area contributed by atoms with Gasteiger partial charge in [-0.15, -0.1) is 0 Å². The van der Waals surface area contributed by atoms with Crippen LogP contribution in [0.5, 0.6) is 0 Å². The van der Waals surface area contributed by atoms with E-state index in [1.807, 2.05) is 30.3 Å². The average molecular weight is 220 g/mol. The van der Waals surface area contributed by atoms with Crippen LogP contribution in [-0.4, -0.2) is 27.9 Å². The van der Waals surface area contributed by atoms with Gasteiger partial charge in [-0.05, 0) is 25.8 Å². The molecule has 16 heavy (non-hydrogen) atoms. The molecular weight excluding hydrogens is 204 g/mol. The van der Waals surface area contributed by atoms with E-state index < -0.39 is 5.66 Å². The summed E-state index contributed by atoms with van der Waals surface area (Å²) in [6, 6.07) is 9.43. The number of nitrogens with zero attached hydrogens (tertiary/aromatic N) is 1. The molecule has 1 aliphatic heterocycles. The summed E-state index contributed by atoms with van der Waals surface area (Å²) in [5, 5.41) is 13.5. The maximum atomic E-state index is 11.7. The molecule has 1 amide bonds. The molecule has 2 N–H and O–H groups in total. The molecule has 4 nitrogen and oxygen atoms in total. The minimum Gasteiger partial charge on any atom is -0.284 e. The van der Waals surface area contributed by atoms with Crippen LogP contribution in [-0.2, 0) is 11.2 Å². The molecule has 1 aromatic rings. The largest absolute Gasteiger partial charge is 0.284 e. The van der Waals surface area contributed by atoms with Gasteiger partial charge in [-0.1, -0.05) is 30.3 Å². The second-order valence-electron chi connectivity index (χ2n) is 4.60. The standard InChI is InChI=1S/C12H16N2O2/c1-12(2)13-10(11(15)14(12)16)8-9-6-4-3-5-7-9/h3-7,10,13,16H,8H2,1-2H3/t10-/m0/s1. The van der Waals surface area contributed by atoms with Crippen LogP contribution in [0.2, 0.25) is 0 Å². The normalized spacial score (nSPS) is 23.8. The molecule has 1 atom stereocenters. The highest BCUT2D eigenvalue weighted by Crippen LogP contribution is 2.20. The number of rotatable bonds is 2. The van der Waals surface area contributed by atoms with Crippen LogP contribution in [0.25, 0.3) is 0 Å². The number of benzene rings is 1. The summed E-state index contributed by atoms with van der Waals surface area (Å²) >= 11 is 0. The fourth-order valence-corrected chi connectivity index (χ4v) is 1.96. The Morgan fingerprint density at radius 1 is 1.38 bits per heavy atom. The molecule has 0 radical (unpaired) electrons. The van der Waals surface area contributed by atoms with Crippen molar-refractivity contribution in [2.45, 2.75) is 32.0 Å². The van der Waals surface area contributed by atoms with E-state index in [0.29, 0.717) is 6.42 Å². The zero-order valence-corrected chi connectivity index (χ0v) is 9.47. The van der Waals surface area contributed by atoms with Gasteiger partial charge in [0.15, 0.2) is 0 Å². The predicted molar refractivity (Wildman–Crippen MR) is 59.8 cm³/mol. The lowest BCUT2D eigenvalue weighted by Crippen LogP contribution is -2.45. The van der Waals surface area contributed by atoms with Crippen molar-refractivity contribution < 1.29 is 10.0 Å². The van der Waals surface area contributed by atoms with E-state index in [-0.39, 0.29) is 11.9 Å². The van der Waals surface area contributed by atoms with Gasteiger partial charge in [0, 0.05) is 0 Å². The van der Waals surface area contributed by atoms with Gasteiger partial charge >= 0.3 is 0 Å². The van der Waals surface area contributed by atoms with Gasteiger partial charge in [-0.2, -0.15) is 0 Å². The van der Waals surface area contributed by atoms with Crippen molar-refractivity contribution in [2.75, 3.05) is 0 Å². The van der Waals surface area contributed by atoms with Crippen molar-refractivity contribution in [1.29, 1.82) is 0 Å². The topological polar surface area (TPSA) is 52.6 Å². The Labute approximate surface area is 94.8 Å². The second kappa shape index (κ2) is 3.88. The zero-order valence-electron chi connectivity index (χ0n) is 9.47. The molecule has 86 valence electrons. The number of carbonyl (C=O) groups excluding carboxylic acids is 1. The average Bonchev–Trinajstić information content (AvgIpc) is 2.44. The lowest BCUT2D eigenvalue weighted by Gasteiger charge is -2.24. The molecule has 1 aromatic carbocycles. The molecule has 0 spiro atoms. The molecule has 2 rings (SSSR count). The number of carbonyl (C=O) groups is 1. The number of hydrogen-bond donors (Lipinski definition) is 2. The van der Waals surface area contributed by atoms with Gasteiger partial charge in [-0.3, -0.25) is 15.3 Å². The van der Waals surface area contributed by atoms with E-state index in [2.05, 4.69) is 5.32 Å². The highest BCUT2D eigenvalue weighted by atomic mass is 16.5. The van der Waals surface area contributed by atoms with E-state index in [4.69, 9.17) is 0 Å². The molecule has 1 fully saturated rings. The molecule has 1 heterocycles. The summed E-state index contributed by atoms with van der Waals surface area (Å²) in [6.45, 7) is 3.55. The van der Waals surface area contributed by atoms with Crippen molar-refractivity contribution in [3.05, 3.63) is 35.9 Å². The Balaban J connectivity index is 2.11. The maximum absolute atomic E-state index is 11.7. The van der Waals surface area contributed by atoms with E-state index in [1.165, 1.54) is 0 Å². The van der Waals surface area contributed by atoms with E-state index in [1.54, 1.807) is 13.8 Å². The smallest absolute Gasteiger partial charge is 0.265 e. The molecule has 1 aliphatic rings. The molecule has 1 saturated heterocycles. The molecule has 0 aromatic heterocycles. The van der Waals surface area contributed by atoms with E-state index in [9.17, 15) is 10.0 Å². The summed E-state index contributed by atoms with van der Waals surface area (Å²) in [5.74, 6) is -0.270. The Morgan fingerprint density at radius 3 is 2.50 bits per heavy atom. The Bertz CT molecular complexity index is 389. The van der Waals surface area contributed by atoms with Gasteiger partial charge in [0.1, 0.15) is 5.66 Å². The van der Waals surface area contributed by atoms with Crippen molar-refractivity contribution >= 4 is 5.91 Å². The van der Waals surface area contributed by atoms with Gasteiger partial charge < -0.3 is 0 Å². The Hall–Kier alpha value is -1.39. The van der Waals surface area contributed by atoms with Crippen molar-refractivity contribution in [1.82, 2.24) is 10.4 Å². The molecular formula is C12H16N2O2. The first-order valence-electron chi connectivity index (χ1n) is 5.35. The van der Waals surface area contributed by atoms with Crippen LogP contribution in [0.15, 0.2) is 30.3 Å². The third-order valence-corrected chi connectivity index (χ3v) is 2.85. The summed E-state index contributed by atoms with van der Waals surface area (Å²) in [5.41, 5.74) is 0.399. The Morgan fingerprint density at radius 2 is 2.00 bits per heavy atom. The SMILES string of the molecule is CC1(C)N[C@@H](Cc2ccccc2)C(=O)N1O. The van der Waals surface area contributed by atoms with Crippen molar-refractivity contribution in [3.63, 3.8) is 0 Å². The minimum atomic E-state index is -0.684. The third-order valence-electron chi connectivity index (χ3n) is 2.85. The lowest BCUT2D eigenvalue weighted by molar-refractivity contribution is -0.177. The van der Waals surface area contributed by atoms with Crippen LogP contribution in [0, 0.1) is 0 Å². The van der Waals surface area contributed by atoms with E-state index >= 15 is 0 Å². The number of hydroxylamine groups is 2. The van der Waals surface area contributed by atoms with Gasteiger partial charge in [0.05, 0.1) is 6.04 Å². The lowest BCUT2D eigenvalue weighted by atomic mass is 10.1. The predicted octanol–water partition coefficient (Wildman–Crippen LogP) is 1.15. The first-order valence-corrected chi connectivity index (χ1v) is 5.35. The van der Waals surface area contributed by atoms with Crippen LogP contribution in [0.4, 0.5) is 0 Å². The summed E-state index contributed by atoms with van der Waals surface area (Å²) < 4.78 is 0. The van der Waals surface area contributed by atoms with Crippen LogP contribution in [0.3, 0.4) is 0 Å². The van der Waals surface area contributed by atoms with Gasteiger partial charge in [0.25, 0.3) is 5.91 Å². The Kier molecular flexibility index (Phi) is 2.69. The van der Waals surface area contributed by atoms with Crippen molar-refractivity contribution in [2.24, 2.45) is 0 Å². The first-order chi connectivity index (χ1) is 7.50. The molecule has 0 unspecified atom stereocenters. The number of hydrogen-bond acceptors (Lipinski definition) is 3. The van der Waals surface area contributed by atoms with Crippen molar-refractivity contribution in [3.8, 4) is 0 Å². The fourth-order valence-electron chi connectivity index (χ4n) is 1.96. The van der Waals surface area contributed by atoms with Crippen LogP contribution in [0.1, 0.15) is 19.4 Å². The highest BCUT2D eigenvalue weighted by Gasteiger charge is 2.43. The minimum absolute atomic E-state index is 0.270. The number of amides is 1. The van der Waals surface area contributed by atoms with Crippen LogP contribution >= 0.6 is 0 Å². The maximum Gasteiger partial charge on any atom is 0.265 e. The fraction of sp³-hybridized carbons (Fsp3) is 0.417. The zero-order chi connectivity index (χ0) is 11.8. The van der Waals surface area contributed by atoms with Gasteiger partial charge in [-0.25, -0.2) is 5.06 Å². The molecule has 0 saturated carbocycles. The molecule has 0 aliphatic carbocycles. The van der Waals surface area contributed by atoms with Crippen LogP contribution < -0.4 is 5.32 Å². The summed E-state index contributed by atoms with van der Waals surface area (Å²) in [6.07, 6.45) is 0.597. The monoisotopic (exact) mass is 220 g/mol. The first kappa shape index (κ1) is 11.1. The summed E-state index contributed by atoms with van der Waals surface area (Å²) in [7, 11) is 0. The third kappa shape index (κ3) is 1.94. The second-order valence-corrected chi connectivity index (χ2v) is 4.60. The number of nitrogens with one attached hydrogen (secondary N) is 1. The molecule has 0 bridgehead atoms. The highest BCUT2D eigenvalue weighted by molar-refractivity contribution is 5.84. The molecule has 4 heteroatoms. The summed E-state index contributed by atoms with van der Waals surface area (Å²) in [4.78, 5) is 11.7. The van der Waals surface area contributed by atoms with Gasteiger partial charge in [0.2, 0.25) is 0 Å².